The van der Waals surface area contributed by atoms with Crippen LogP contribution in [0.25, 0.3) is 11.1 Å². The predicted octanol–water partition coefficient (Wildman–Crippen LogP) is 3.48. The van der Waals surface area contributed by atoms with Crippen LogP contribution >= 0.6 is 0 Å². The van der Waals surface area contributed by atoms with Crippen molar-refractivity contribution < 1.29 is 23.6 Å². The number of carbonyl (C=O) groups is 1. The van der Waals surface area contributed by atoms with Gasteiger partial charge in [0.05, 0.1) is 16.9 Å². The summed E-state index contributed by atoms with van der Waals surface area (Å²) in [4.78, 5) is 25.3. The Hall–Kier alpha value is -2.51. The Labute approximate surface area is 130 Å². The lowest BCUT2D eigenvalue weighted by Gasteiger charge is -2.30. The zero-order valence-electron chi connectivity index (χ0n) is 12.4. The number of hydrogen-bond acceptors (Lipinski definition) is 5. The molecule has 3 unspecified atom stereocenters. The number of fused-ring (bicyclic) bond motifs is 1. The van der Waals surface area contributed by atoms with Crippen molar-refractivity contribution in [3.63, 3.8) is 0 Å². The Bertz CT molecular complexity index is 788. The molecule has 122 valence electrons. The van der Waals surface area contributed by atoms with Crippen molar-refractivity contribution in [2.75, 3.05) is 0 Å². The van der Waals surface area contributed by atoms with Crippen molar-refractivity contribution in [2.24, 2.45) is 11.8 Å². The molecule has 3 atom stereocenters. The quantitative estimate of drug-likeness (QED) is 0.685. The second-order valence-electron chi connectivity index (χ2n) is 6.01. The third kappa shape index (κ3) is 2.76. The van der Waals surface area contributed by atoms with Gasteiger partial charge in [0.25, 0.3) is 0 Å². The van der Waals surface area contributed by atoms with E-state index in [4.69, 9.17) is 9.52 Å². The van der Waals surface area contributed by atoms with Crippen molar-refractivity contribution in [3.05, 3.63) is 34.0 Å². The third-order valence-corrected chi connectivity index (χ3v) is 4.51. The van der Waals surface area contributed by atoms with Gasteiger partial charge in [-0.25, -0.2) is 4.98 Å². The van der Waals surface area contributed by atoms with Crippen molar-refractivity contribution in [1.29, 1.82) is 0 Å². The molecule has 1 aromatic carbocycles. The number of carboxylic acids is 1. The van der Waals surface area contributed by atoms with E-state index in [1.54, 1.807) is 0 Å². The standard InChI is InChI=1S/C15H15FN2O5/c1-7-4-8(15(19)20)2-3-9(7)14-17-11-5-10(16)12(18(21)22)6-13(11)23-14/h5-9H,2-4H2,1H3,(H,19,20). The smallest absolute Gasteiger partial charge is 0.308 e. The Morgan fingerprint density at radius 1 is 1.48 bits per heavy atom. The van der Waals surface area contributed by atoms with Crippen LogP contribution < -0.4 is 0 Å². The molecule has 1 saturated carbocycles. The lowest BCUT2D eigenvalue weighted by atomic mass is 9.75. The number of nitro groups is 1. The Kier molecular flexibility index (Phi) is 3.75. The second-order valence-corrected chi connectivity index (χ2v) is 6.01. The molecular formula is C15H15FN2O5. The molecule has 1 aliphatic rings. The molecule has 1 aromatic heterocycles. The van der Waals surface area contributed by atoms with E-state index in [1.165, 1.54) is 0 Å². The molecule has 23 heavy (non-hydrogen) atoms. The number of halogens is 1. The summed E-state index contributed by atoms with van der Waals surface area (Å²) in [5, 5.41) is 19.9. The second kappa shape index (κ2) is 5.60. The van der Waals surface area contributed by atoms with Crippen LogP contribution in [0, 0.1) is 27.8 Å². The van der Waals surface area contributed by atoms with E-state index in [1.807, 2.05) is 6.92 Å². The minimum absolute atomic E-state index is 0.0535. The minimum atomic E-state index is -0.954. The summed E-state index contributed by atoms with van der Waals surface area (Å²) < 4.78 is 19.2. The molecule has 1 fully saturated rings. The molecule has 1 N–H and O–H groups in total. The molecule has 0 spiro atoms. The lowest BCUT2D eigenvalue weighted by Crippen LogP contribution is -2.26. The van der Waals surface area contributed by atoms with Gasteiger partial charge in [-0.05, 0) is 25.2 Å². The summed E-state index contributed by atoms with van der Waals surface area (Å²) in [6, 6.07) is 2.03. The fourth-order valence-corrected chi connectivity index (χ4v) is 3.24. The lowest BCUT2D eigenvalue weighted by molar-refractivity contribution is -0.387. The van der Waals surface area contributed by atoms with Gasteiger partial charge in [-0.2, -0.15) is 4.39 Å². The number of aliphatic carboxylic acids is 1. The first kappa shape index (κ1) is 15.4. The first-order chi connectivity index (χ1) is 10.9. The number of benzene rings is 1. The number of nitro benzene ring substituents is 1. The SMILES string of the molecule is CC1CC(C(=O)O)CCC1c1nc2cc(F)c([N+](=O)[O-])cc2o1. The summed E-state index contributed by atoms with van der Waals surface area (Å²) in [6.07, 6.45) is 1.65. The first-order valence-electron chi connectivity index (χ1n) is 7.34. The van der Waals surface area contributed by atoms with Crippen LogP contribution in [0.15, 0.2) is 16.5 Å². The van der Waals surface area contributed by atoms with Crippen LogP contribution in [0.5, 0.6) is 0 Å². The number of hydrogen-bond donors (Lipinski definition) is 1. The number of carboxylic acid groups (broad SMARTS) is 1. The highest BCUT2D eigenvalue weighted by Crippen LogP contribution is 2.41. The minimum Gasteiger partial charge on any atom is -0.481 e. The highest BCUT2D eigenvalue weighted by molar-refractivity contribution is 5.76. The monoisotopic (exact) mass is 322 g/mol. The topological polar surface area (TPSA) is 106 Å². The van der Waals surface area contributed by atoms with Gasteiger partial charge < -0.3 is 9.52 Å². The zero-order valence-corrected chi connectivity index (χ0v) is 12.4. The zero-order chi connectivity index (χ0) is 16.7. The molecule has 2 aromatic rings. The van der Waals surface area contributed by atoms with Crippen molar-refractivity contribution in [3.8, 4) is 0 Å². The molecule has 3 rings (SSSR count). The van der Waals surface area contributed by atoms with E-state index in [0.717, 1.165) is 12.1 Å². The van der Waals surface area contributed by atoms with Crippen LogP contribution in [0.4, 0.5) is 10.1 Å². The van der Waals surface area contributed by atoms with E-state index < -0.39 is 22.4 Å². The fraction of sp³-hybridized carbons (Fsp3) is 0.467. The molecule has 0 amide bonds. The largest absolute Gasteiger partial charge is 0.481 e. The Morgan fingerprint density at radius 2 is 2.22 bits per heavy atom. The number of rotatable bonds is 3. The van der Waals surface area contributed by atoms with E-state index in [9.17, 15) is 19.3 Å². The van der Waals surface area contributed by atoms with Gasteiger partial charge in [0.15, 0.2) is 11.5 Å². The van der Waals surface area contributed by atoms with Crippen LogP contribution in [0.2, 0.25) is 0 Å². The van der Waals surface area contributed by atoms with Crippen LogP contribution in [0.1, 0.15) is 38.0 Å². The molecule has 0 aliphatic heterocycles. The highest BCUT2D eigenvalue weighted by Gasteiger charge is 2.35. The third-order valence-electron chi connectivity index (χ3n) is 4.51. The summed E-state index contributed by atoms with van der Waals surface area (Å²) >= 11 is 0. The Balaban J connectivity index is 1.92. The molecule has 7 nitrogen and oxygen atoms in total. The predicted molar refractivity (Wildman–Crippen MR) is 77.5 cm³/mol. The van der Waals surface area contributed by atoms with Gasteiger partial charge in [0, 0.05) is 12.0 Å². The Morgan fingerprint density at radius 3 is 2.83 bits per heavy atom. The van der Waals surface area contributed by atoms with Gasteiger partial charge in [-0.3, -0.25) is 14.9 Å². The number of nitrogens with zero attached hydrogens (tertiary/aromatic N) is 2. The molecular weight excluding hydrogens is 307 g/mol. The van der Waals surface area contributed by atoms with Crippen molar-refractivity contribution >= 4 is 22.8 Å². The number of aromatic nitrogens is 1. The maximum absolute atomic E-state index is 13.6. The van der Waals surface area contributed by atoms with Gasteiger partial charge in [-0.15, -0.1) is 0 Å². The van der Waals surface area contributed by atoms with Gasteiger partial charge in [0.2, 0.25) is 5.82 Å². The molecule has 0 saturated heterocycles. The average molecular weight is 322 g/mol. The van der Waals surface area contributed by atoms with Crippen LogP contribution in [-0.4, -0.2) is 21.0 Å². The summed E-state index contributed by atoms with van der Waals surface area (Å²) in [5.74, 6) is -1.76. The van der Waals surface area contributed by atoms with E-state index >= 15 is 0 Å². The molecule has 1 heterocycles. The molecule has 1 aliphatic carbocycles. The normalized spacial score (nSPS) is 24.7. The molecule has 0 radical (unpaired) electrons. The summed E-state index contributed by atoms with van der Waals surface area (Å²) in [7, 11) is 0. The van der Waals surface area contributed by atoms with Crippen LogP contribution in [-0.2, 0) is 4.79 Å². The maximum Gasteiger partial charge on any atom is 0.308 e. The van der Waals surface area contributed by atoms with Crippen LogP contribution in [0.3, 0.4) is 0 Å². The van der Waals surface area contributed by atoms with E-state index in [2.05, 4.69) is 4.98 Å². The van der Waals surface area contributed by atoms with Gasteiger partial charge in [-0.1, -0.05) is 6.92 Å². The summed E-state index contributed by atoms with van der Waals surface area (Å²) in [5.41, 5.74) is -0.251. The molecule has 0 bridgehead atoms. The average Bonchev–Trinajstić information content (AvgIpc) is 2.88. The van der Waals surface area contributed by atoms with Gasteiger partial charge >= 0.3 is 11.7 Å². The van der Waals surface area contributed by atoms with Gasteiger partial charge in [0.1, 0.15) is 5.52 Å². The van der Waals surface area contributed by atoms with Crippen molar-refractivity contribution in [1.82, 2.24) is 4.98 Å². The maximum atomic E-state index is 13.6. The number of oxazole rings is 1. The van der Waals surface area contributed by atoms with E-state index in [-0.39, 0.29) is 28.9 Å². The van der Waals surface area contributed by atoms with E-state index in [0.29, 0.717) is 25.2 Å². The molecule has 8 heteroatoms. The summed E-state index contributed by atoms with van der Waals surface area (Å²) in [6.45, 7) is 1.93. The first-order valence-corrected chi connectivity index (χ1v) is 7.34. The van der Waals surface area contributed by atoms with Crippen molar-refractivity contribution in [2.45, 2.75) is 32.1 Å². The highest BCUT2D eigenvalue weighted by atomic mass is 19.1. The fourth-order valence-electron chi connectivity index (χ4n) is 3.24.